The van der Waals surface area contributed by atoms with Crippen molar-refractivity contribution >= 4 is 11.8 Å². The first-order valence-electron chi connectivity index (χ1n) is 5.35. The molecule has 0 saturated heterocycles. The van der Waals surface area contributed by atoms with Crippen molar-refractivity contribution in [1.29, 1.82) is 0 Å². The molecule has 0 saturated carbocycles. The van der Waals surface area contributed by atoms with Crippen molar-refractivity contribution in [2.45, 2.75) is 31.2 Å². The number of nitrogens with one attached hydrogen (secondary N) is 1. The van der Waals surface area contributed by atoms with Crippen LogP contribution in [0, 0.1) is 0 Å². The van der Waals surface area contributed by atoms with E-state index < -0.39 is 23.3 Å². The molecule has 1 aromatic heterocycles. The number of aliphatic hydroxyl groups is 2. The second-order valence-corrected chi connectivity index (χ2v) is 4.72. The molecule has 98 valence electrons. The maximum Gasteiger partial charge on any atom is 0.320 e. The Morgan fingerprint density at radius 2 is 2.17 bits per heavy atom. The fraction of sp³-hybridized carbons (Fsp3) is 0.455. The number of carboxylic acids is 1. The number of aliphatic hydroxyl groups excluding tert-OH is 1. The smallest absolute Gasteiger partial charge is 0.320 e. The van der Waals surface area contributed by atoms with Crippen LogP contribution in [0.4, 0.5) is 5.82 Å². The lowest BCUT2D eigenvalue weighted by atomic mass is 9.85. The van der Waals surface area contributed by atoms with E-state index in [0.717, 1.165) is 4.57 Å². The summed E-state index contributed by atoms with van der Waals surface area (Å²) in [6, 6.07) is 2.80. The predicted molar refractivity (Wildman–Crippen MR) is 57.2 cm³/mol. The number of pyridine rings is 1. The van der Waals surface area contributed by atoms with Gasteiger partial charge in [-0.1, -0.05) is 0 Å². The normalized spacial score (nSPS) is 34.6. The van der Waals surface area contributed by atoms with Gasteiger partial charge in [0.05, 0.1) is 12.2 Å². The van der Waals surface area contributed by atoms with Crippen LogP contribution in [0.3, 0.4) is 0 Å². The van der Waals surface area contributed by atoms with Crippen molar-refractivity contribution in [3.8, 4) is 5.75 Å². The van der Waals surface area contributed by atoms with Gasteiger partial charge in [0.1, 0.15) is 0 Å². The number of rotatable bonds is 1. The number of anilines is 1. The summed E-state index contributed by atoms with van der Waals surface area (Å²) in [5, 5.41) is 43.6. The predicted octanol–water partition coefficient (Wildman–Crippen LogP) is -2.36. The molecule has 1 aromatic rings. The Morgan fingerprint density at radius 1 is 1.56 bits per heavy atom. The Labute approximate surface area is 103 Å². The molecule has 7 heteroatoms. The molecule has 1 aliphatic heterocycles. The van der Waals surface area contributed by atoms with Crippen molar-refractivity contribution in [1.82, 2.24) is 0 Å². The van der Waals surface area contributed by atoms with Gasteiger partial charge >= 0.3 is 5.82 Å². The molecule has 0 aromatic carbocycles. The first-order valence-corrected chi connectivity index (χ1v) is 5.35. The zero-order valence-electron chi connectivity index (χ0n) is 9.91. The average Bonchev–Trinajstić information content (AvgIpc) is 2.28. The monoisotopic (exact) mass is 254 g/mol. The minimum absolute atomic E-state index is 0.000463. The van der Waals surface area contributed by atoms with Crippen molar-refractivity contribution in [2.24, 2.45) is 0 Å². The van der Waals surface area contributed by atoms with E-state index in [0.29, 0.717) is 0 Å². The van der Waals surface area contributed by atoms with Gasteiger partial charge in [-0.05, 0) is 19.1 Å². The molecule has 0 radical (unpaired) electrons. The van der Waals surface area contributed by atoms with E-state index in [1.807, 2.05) is 0 Å². The molecule has 0 aliphatic carbocycles. The number of nitrogens with zero attached hydrogens (tertiary/aromatic N) is 1. The molecule has 18 heavy (non-hydrogen) atoms. The summed E-state index contributed by atoms with van der Waals surface area (Å²) in [6.45, 7) is 2.43. The van der Waals surface area contributed by atoms with Crippen LogP contribution >= 0.6 is 0 Å². The van der Waals surface area contributed by atoms with Gasteiger partial charge in [0.25, 0.3) is 0 Å². The topological polar surface area (TPSA) is 117 Å². The lowest BCUT2D eigenvalue weighted by molar-refractivity contribution is -0.806. The summed E-state index contributed by atoms with van der Waals surface area (Å²) >= 11 is 0. The summed E-state index contributed by atoms with van der Waals surface area (Å²) < 4.78 is 1.16. The maximum atomic E-state index is 11.2. The molecule has 0 fully saturated rings. The summed E-state index contributed by atoms with van der Waals surface area (Å²) in [7, 11) is 0. The van der Waals surface area contributed by atoms with Gasteiger partial charge in [0, 0.05) is 6.92 Å². The first-order chi connectivity index (χ1) is 8.21. The SMILES string of the molecule is CC1(C(=O)[O-])Nc2c(O)ccc[n+]2C(C)(O)C1O. The minimum atomic E-state index is -1.91. The van der Waals surface area contributed by atoms with Gasteiger partial charge in [0.15, 0.2) is 11.6 Å². The fourth-order valence-corrected chi connectivity index (χ4v) is 2.15. The zero-order valence-corrected chi connectivity index (χ0v) is 9.91. The Bertz CT molecular complexity index is 516. The number of aliphatic carboxylic acids is 1. The standard InChI is InChI=1S/C11H14N2O5/c1-10(9(16)17)8(15)11(2,18)13-5-3-4-6(14)7(13)12-10/h3-5,8,15,18H,1-2H3,(H2,14,16,17). The lowest BCUT2D eigenvalue weighted by Gasteiger charge is -2.43. The van der Waals surface area contributed by atoms with Gasteiger partial charge < -0.3 is 25.2 Å². The third kappa shape index (κ3) is 1.44. The second-order valence-electron chi connectivity index (χ2n) is 4.72. The average molecular weight is 254 g/mol. The van der Waals surface area contributed by atoms with Crippen molar-refractivity contribution < 1.29 is 29.8 Å². The summed E-state index contributed by atoms with van der Waals surface area (Å²) in [5.41, 5.74) is -3.81. The number of carboxylic acid groups (broad SMARTS) is 1. The molecule has 0 spiro atoms. The van der Waals surface area contributed by atoms with E-state index in [2.05, 4.69) is 5.32 Å². The third-order valence-electron chi connectivity index (χ3n) is 3.33. The maximum absolute atomic E-state index is 11.2. The minimum Gasteiger partial charge on any atom is -0.545 e. The van der Waals surface area contributed by atoms with E-state index in [-0.39, 0.29) is 11.6 Å². The largest absolute Gasteiger partial charge is 0.545 e. The van der Waals surface area contributed by atoms with Gasteiger partial charge in [0.2, 0.25) is 11.5 Å². The van der Waals surface area contributed by atoms with Gasteiger partial charge in [-0.25, -0.2) is 0 Å². The van der Waals surface area contributed by atoms with Crippen molar-refractivity contribution in [3.63, 3.8) is 0 Å². The highest BCUT2D eigenvalue weighted by molar-refractivity contribution is 5.81. The number of fused-ring (bicyclic) bond motifs is 1. The Hall–Kier alpha value is -1.86. The van der Waals surface area contributed by atoms with E-state index >= 15 is 0 Å². The molecule has 3 atom stereocenters. The number of hydrogen-bond acceptors (Lipinski definition) is 6. The third-order valence-corrected chi connectivity index (χ3v) is 3.33. The molecule has 0 bridgehead atoms. The second kappa shape index (κ2) is 3.56. The number of hydrogen-bond donors (Lipinski definition) is 4. The Kier molecular flexibility index (Phi) is 2.49. The number of carbonyl (C=O) groups is 1. The Balaban J connectivity index is 2.68. The summed E-state index contributed by atoms with van der Waals surface area (Å²) in [6.07, 6.45) is -0.241. The van der Waals surface area contributed by atoms with Crippen LogP contribution < -0.4 is 15.0 Å². The number of aromatic hydroxyl groups is 1. The van der Waals surface area contributed by atoms with Crippen LogP contribution in [0.2, 0.25) is 0 Å². The van der Waals surface area contributed by atoms with Crippen LogP contribution in [0.25, 0.3) is 0 Å². The van der Waals surface area contributed by atoms with Crippen molar-refractivity contribution in [3.05, 3.63) is 18.3 Å². The molecule has 1 aliphatic rings. The molecule has 0 amide bonds. The summed E-state index contributed by atoms with van der Waals surface area (Å²) in [4.78, 5) is 11.2. The van der Waals surface area contributed by atoms with E-state index in [1.165, 1.54) is 32.2 Å². The fourth-order valence-electron chi connectivity index (χ4n) is 2.15. The molecule has 3 unspecified atom stereocenters. The molecule has 4 N–H and O–H groups in total. The Morgan fingerprint density at radius 3 is 2.72 bits per heavy atom. The highest BCUT2D eigenvalue weighted by atomic mass is 16.4. The number of carbonyl (C=O) groups excluding carboxylic acids is 1. The quantitative estimate of drug-likeness (QED) is 0.417. The molecule has 2 rings (SSSR count). The van der Waals surface area contributed by atoms with Crippen LogP contribution in [0.5, 0.6) is 5.75 Å². The van der Waals surface area contributed by atoms with E-state index in [1.54, 1.807) is 0 Å². The molecule has 7 nitrogen and oxygen atoms in total. The molecular formula is C11H14N2O5. The zero-order chi connectivity index (χ0) is 13.7. The van der Waals surface area contributed by atoms with E-state index in [9.17, 15) is 25.2 Å². The van der Waals surface area contributed by atoms with Crippen LogP contribution in [-0.4, -0.2) is 32.9 Å². The molecule has 2 heterocycles. The highest BCUT2D eigenvalue weighted by Gasteiger charge is 2.58. The van der Waals surface area contributed by atoms with Gasteiger partial charge in [-0.3, -0.25) is 5.32 Å². The van der Waals surface area contributed by atoms with Crippen LogP contribution in [0.15, 0.2) is 18.3 Å². The lowest BCUT2D eigenvalue weighted by Crippen LogP contribution is -2.77. The van der Waals surface area contributed by atoms with Crippen LogP contribution in [-0.2, 0) is 10.5 Å². The van der Waals surface area contributed by atoms with Gasteiger partial charge in [-0.15, -0.1) is 0 Å². The van der Waals surface area contributed by atoms with Crippen LogP contribution in [0.1, 0.15) is 13.8 Å². The molecular weight excluding hydrogens is 240 g/mol. The van der Waals surface area contributed by atoms with E-state index in [4.69, 9.17) is 0 Å². The summed E-state index contributed by atoms with van der Waals surface area (Å²) in [5.74, 6) is -1.82. The number of aromatic nitrogens is 1. The van der Waals surface area contributed by atoms with Crippen molar-refractivity contribution in [2.75, 3.05) is 5.32 Å². The van der Waals surface area contributed by atoms with Gasteiger partial charge in [-0.2, -0.15) is 4.57 Å². The highest BCUT2D eigenvalue weighted by Crippen LogP contribution is 2.34. The first kappa shape index (κ1) is 12.6.